The number of hydrogen-bond acceptors (Lipinski definition) is 4. The lowest BCUT2D eigenvalue weighted by molar-refractivity contribution is 0.169. The molecule has 0 aliphatic carbocycles. The van der Waals surface area contributed by atoms with E-state index in [1.165, 1.54) is 5.56 Å². The van der Waals surface area contributed by atoms with E-state index in [4.69, 9.17) is 4.52 Å². The van der Waals surface area contributed by atoms with E-state index in [-0.39, 0.29) is 0 Å². The molecule has 0 unspecified atom stereocenters. The Labute approximate surface area is 150 Å². The van der Waals surface area contributed by atoms with Gasteiger partial charge in [-0.1, -0.05) is 33.2 Å². The minimum atomic E-state index is 0.777. The van der Waals surface area contributed by atoms with Crippen molar-refractivity contribution >= 4 is 21.9 Å². The largest absolute Gasteiger partial charge is 0.364 e. The van der Waals surface area contributed by atoms with Crippen molar-refractivity contribution in [2.24, 2.45) is 4.99 Å². The van der Waals surface area contributed by atoms with Gasteiger partial charge in [-0.2, -0.15) is 0 Å². The molecule has 1 aliphatic heterocycles. The van der Waals surface area contributed by atoms with Gasteiger partial charge >= 0.3 is 0 Å². The van der Waals surface area contributed by atoms with E-state index in [0.717, 1.165) is 55.4 Å². The SMILES string of the molecule is CN=C(NCc1ccc(Br)cc1)N1CCN(Cc2ccon2)CC1. The fourth-order valence-electron chi connectivity index (χ4n) is 2.78. The van der Waals surface area contributed by atoms with Crippen LogP contribution in [0.15, 0.2) is 50.6 Å². The van der Waals surface area contributed by atoms with Crippen LogP contribution < -0.4 is 5.32 Å². The number of rotatable bonds is 4. The first-order valence-electron chi connectivity index (χ1n) is 8.06. The van der Waals surface area contributed by atoms with Crippen LogP contribution in [0.4, 0.5) is 0 Å². The zero-order valence-electron chi connectivity index (χ0n) is 13.8. The Hall–Kier alpha value is -1.86. The topological polar surface area (TPSA) is 56.9 Å². The number of nitrogens with one attached hydrogen (secondary N) is 1. The standard InChI is InChI=1S/C17H22BrN5O/c1-19-17(20-12-14-2-4-15(18)5-3-14)23-9-7-22(8-10-23)13-16-6-11-24-21-16/h2-6,11H,7-10,12-13H2,1H3,(H,19,20). The normalized spacial score (nSPS) is 16.4. The zero-order valence-corrected chi connectivity index (χ0v) is 15.4. The van der Waals surface area contributed by atoms with Crippen LogP contribution in [0.2, 0.25) is 0 Å². The third-order valence-electron chi connectivity index (χ3n) is 4.12. The fourth-order valence-corrected chi connectivity index (χ4v) is 3.05. The minimum absolute atomic E-state index is 0.777. The second-order valence-corrected chi connectivity index (χ2v) is 6.70. The Morgan fingerprint density at radius 3 is 2.58 bits per heavy atom. The van der Waals surface area contributed by atoms with E-state index in [0.29, 0.717) is 0 Å². The highest BCUT2D eigenvalue weighted by Crippen LogP contribution is 2.11. The van der Waals surface area contributed by atoms with Crippen LogP contribution in [0.25, 0.3) is 0 Å². The van der Waals surface area contributed by atoms with E-state index in [9.17, 15) is 0 Å². The van der Waals surface area contributed by atoms with Crippen LogP contribution in [0.3, 0.4) is 0 Å². The Morgan fingerprint density at radius 1 is 1.21 bits per heavy atom. The highest BCUT2D eigenvalue weighted by atomic mass is 79.9. The smallest absolute Gasteiger partial charge is 0.194 e. The number of aliphatic imine (C=N–C) groups is 1. The van der Waals surface area contributed by atoms with E-state index in [1.807, 2.05) is 13.1 Å². The summed E-state index contributed by atoms with van der Waals surface area (Å²) in [5.74, 6) is 0.957. The summed E-state index contributed by atoms with van der Waals surface area (Å²) in [5, 5.41) is 7.43. The molecular formula is C17H22BrN5O. The van der Waals surface area contributed by atoms with Gasteiger partial charge in [0.15, 0.2) is 5.96 Å². The molecule has 128 valence electrons. The summed E-state index contributed by atoms with van der Waals surface area (Å²) in [6, 6.07) is 10.3. The predicted octanol–water partition coefficient (Wildman–Crippen LogP) is 2.33. The Bertz CT molecular complexity index is 648. The quantitative estimate of drug-likeness (QED) is 0.640. The number of aromatic nitrogens is 1. The minimum Gasteiger partial charge on any atom is -0.364 e. The van der Waals surface area contributed by atoms with Crippen LogP contribution >= 0.6 is 15.9 Å². The lowest BCUT2D eigenvalue weighted by Gasteiger charge is -2.36. The fraction of sp³-hybridized carbons (Fsp3) is 0.412. The molecule has 0 saturated carbocycles. The van der Waals surface area contributed by atoms with Gasteiger partial charge in [0.25, 0.3) is 0 Å². The molecule has 2 aromatic rings. The maximum absolute atomic E-state index is 4.89. The van der Waals surface area contributed by atoms with Crippen molar-refractivity contribution in [3.63, 3.8) is 0 Å². The number of benzene rings is 1. The highest BCUT2D eigenvalue weighted by molar-refractivity contribution is 9.10. The highest BCUT2D eigenvalue weighted by Gasteiger charge is 2.20. The van der Waals surface area contributed by atoms with Gasteiger partial charge in [0.1, 0.15) is 6.26 Å². The van der Waals surface area contributed by atoms with Gasteiger partial charge in [-0.05, 0) is 17.7 Å². The van der Waals surface area contributed by atoms with Gasteiger partial charge in [-0.25, -0.2) is 0 Å². The molecule has 1 saturated heterocycles. The van der Waals surface area contributed by atoms with E-state index in [2.05, 4.69) is 65.5 Å². The molecule has 6 nitrogen and oxygen atoms in total. The third kappa shape index (κ3) is 4.58. The molecule has 0 atom stereocenters. The Balaban J connectivity index is 1.47. The molecule has 0 spiro atoms. The average Bonchev–Trinajstić information content (AvgIpc) is 3.11. The molecular weight excluding hydrogens is 370 g/mol. The van der Waals surface area contributed by atoms with Crippen LogP contribution in [-0.2, 0) is 13.1 Å². The monoisotopic (exact) mass is 391 g/mol. The van der Waals surface area contributed by atoms with E-state index >= 15 is 0 Å². The number of guanidine groups is 1. The van der Waals surface area contributed by atoms with Crippen molar-refractivity contribution in [1.29, 1.82) is 0 Å². The molecule has 1 fully saturated rings. The number of halogens is 1. The van der Waals surface area contributed by atoms with Gasteiger partial charge in [0.05, 0.1) is 5.69 Å². The number of piperazine rings is 1. The number of nitrogens with zero attached hydrogens (tertiary/aromatic N) is 4. The van der Waals surface area contributed by atoms with Crippen molar-refractivity contribution in [2.45, 2.75) is 13.1 Å². The van der Waals surface area contributed by atoms with Gasteiger partial charge < -0.3 is 14.7 Å². The summed E-state index contributed by atoms with van der Waals surface area (Å²) in [6.45, 7) is 5.52. The maximum Gasteiger partial charge on any atom is 0.194 e. The molecule has 1 aliphatic rings. The van der Waals surface area contributed by atoms with Crippen molar-refractivity contribution < 1.29 is 4.52 Å². The van der Waals surface area contributed by atoms with E-state index in [1.54, 1.807) is 6.26 Å². The summed E-state index contributed by atoms with van der Waals surface area (Å²) < 4.78 is 5.99. The third-order valence-corrected chi connectivity index (χ3v) is 4.65. The first-order chi connectivity index (χ1) is 11.7. The number of hydrogen-bond donors (Lipinski definition) is 1. The summed E-state index contributed by atoms with van der Waals surface area (Å²) in [4.78, 5) is 9.11. The lowest BCUT2D eigenvalue weighted by atomic mass is 10.2. The van der Waals surface area contributed by atoms with Crippen molar-refractivity contribution in [1.82, 2.24) is 20.3 Å². The summed E-state index contributed by atoms with van der Waals surface area (Å²) in [5.41, 5.74) is 2.23. The van der Waals surface area contributed by atoms with Crippen LogP contribution in [0.5, 0.6) is 0 Å². The second-order valence-electron chi connectivity index (χ2n) is 5.78. The molecule has 1 aromatic heterocycles. The Morgan fingerprint density at radius 2 is 1.96 bits per heavy atom. The molecule has 0 radical (unpaired) electrons. The Kier molecular flexibility index (Phi) is 5.87. The first kappa shape index (κ1) is 17.0. The summed E-state index contributed by atoms with van der Waals surface area (Å²) in [7, 11) is 1.84. The van der Waals surface area contributed by atoms with Crippen molar-refractivity contribution in [2.75, 3.05) is 33.2 Å². The van der Waals surface area contributed by atoms with Crippen molar-refractivity contribution in [3.05, 3.63) is 52.3 Å². The van der Waals surface area contributed by atoms with Gasteiger partial charge in [0, 0.05) is 56.9 Å². The molecule has 3 rings (SSSR count). The van der Waals surface area contributed by atoms with Crippen LogP contribution in [0.1, 0.15) is 11.3 Å². The van der Waals surface area contributed by atoms with Crippen molar-refractivity contribution in [3.8, 4) is 0 Å². The molecule has 0 amide bonds. The lowest BCUT2D eigenvalue weighted by Crippen LogP contribution is -2.52. The molecule has 2 heterocycles. The molecule has 7 heteroatoms. The summed E-state index contributed by atoms with van der Waals surface area (Å²) >= 11 is 3.46. The van der Waals surface area contributed by atoms with Gasteiger partial charge in [-0.3, -0.25) is 9.89 Å². The average molecular weight is 392 g/mol. The molecule has 1 aromatic carbocycles. The zero-order chi connectivity index (χ0) is 16.8. The summed E-state index contributed by atoms with van der Waals surface area (Å²) in [6.07, 6.45) is 1.62. The van der Waals surface area contributed by atoms with Gasteiger partial charge in [0.2, 0.25) is 0 Å². The first-order valence-corrected chi connectivity index (χ1v) is 8.85. The van der Waals surface area contributed by atoms with Crippen LogP contribution in [-0.4, -0.2) is 54.1 Å². The maximum atomic E-state index is 4.89. The van der Waals surface area contributed by atoms with E-state index < -0.39 is 0 Å². The molecule has 1 N–H and O–H groups in total. The predicted molar refractivity (Wildman–Crippen MR) is 97.7 cm³/mol. The molecule has 0 bridgehead atoms. The molecule has 24 heavy (non-hydrogen) atoms. The second kappa shape index (κ2) is 8.30. The van der Waals surface area contributed by atoms with Crippen LogP contribution in [0, 0.1) is 0 Å². The van der Waals surface area contributed by atoms with Gasteiger partial charge in [-0.15, -0.1) is 0 Å².